The van der Waals surface area contributed by atoms with Gasteiger partial charge in [0.15, 0.2) is 30.3 Å². The Morgan fingerprint density at radius 2 is 0.964 bits per heavy atom. The van der Waals surface area contributed by atoms with Crippen molar-refractivity contribution in [1.29, 1.82) is 0 Å². The molecule has 1 aliphatic rings. The molecule has 0 unspecified atom stereocenters. The molecule has 2 N–H and O–H groups in total. The number of hydrogen-bond donors (Lipinski definition) is 1. The van der Waals surface area contributed by atoms with Crippen LogP contribution in [0.25, 0.3) is 0 Å². The topological polar surface area (TPSA) is 179 Å². The second-order valence-electron chi connectivity index (χ2n) is 12.2. The zero-order chi connectivity index (χ0) is 39.4. The summed E-state index contributed by atoms with van der Waals surface area (Å²) in [4.78, 5) is 72.3. The quantitative estimate of drug-likeness (QED) is 0.0387. The van der Waals surface area contributed by atoms with Crippen LogP contribution in [0.2, 0.25) is 5.02 Å². The predicted octanol–water partition coefficient (Wildman–Crippen LogP) is 6.07. The maximum atomic E-state index is 13.8. The van der Waals surface area contributed by atoms with Crippen LogP contribution in [0.15, 0.2) is 151 Å². The maximum Gasteiger partial charge on any atom is 0.365 e. The standard InChI is InChI=1S/C42H33ClN2O11/c43-31-23-13-22-30(24-31)42(50)56-45-37(44)36-35(55-41(49)29-20-11-4-12-21-29)34(54-40(48)28-18-9-3-10-19-28)33(53-39(47)27-16-7-2-8-17-27)32(52-36)25-51-38(46)26-14-5-1-6-15-26/h1-24,32-36H,25H2,(H2,44,45)/t32-,33-,34+,35-,36-/m1/s1. The van der Waals surface area contributed by atoms with Gasteiger partial charge in [0.1, 0.15) is 12.7 Å². The molecule has 1 saturated heterocycles. The molecule has 14 heteroatoms. The first kappa shape index (κ1) is 38.9. The van der Waals surface area contributed by atoms with Gasteiger partial charge in [-0.2, -0.15) is 0 Å². The first-order chi connectivity index (χ1) is 27.2. The van der Waals surface area contributed by atoms with Crippen LogP contribution >= 0.6 is 11.6 Å². The monoisotopic (exact) mass is 776 g/mol. The summed E-state index contributed by atoms with van der Waals surface area (Å²) in [5, 5.41) is 4.05. The van der Waals surface area contributed by atoms with Gasteiger partial charge in [-0.05, 0) is 66.7 Å². The molecule has 0 bridgehead atoms. The summed E-state index contributed by atoms with van der Waals surface area (Å²) in [5.74, 6) is -4.94. The van der Waals surface area contributed by atoms with Gasteiger partial charge in [0.05, 0.1) is 27.8 Å². The number of benzene rings is 5. The van der Waals surface area contributed by atoms with Crippen molar-refractivity contribution >= 4 is 47.3 Å². The van der Waals surface area contributed by atoms with Crippen molar-refractivity contribution in [3.05, 3.63) is 178 Å². The molecule has 0 amide bonds. The van der Waals surface area contributed by atoms with Crippen molar-refractivity contribution in [2.24, 2.45) is 10.9 Å². The summed E-state index contributed by atoms with van der Waals surface area (Å²) in [6.07, 6.45) is -8.11. The molecule has 1 heterocycles. The lowest BCUT2D eigenvalue weighted by Crippen LogP contribution is -2.65. The Bertz CT molecular complexity index is 2190. The number of ether oxygens (including phenoxy) is 5. The molecular formula is C42H33ClN2O11. The summed E-state index contributed by atoms with van der Waals surface area (Å²) in [7, 11) is 0. The molecule has 0 spiro atoms. The summed E-state index contributed by atoms with van der Waals surface area (Å²) in [6.45, 7) is -0.592. The average molecular weight is 777 g/mol. The third-order valence-corrected chi connectivity index (χ3v) is 8.60. The fourth-order valence-electron chi connectivity index (χ4n) is 5.62. The number of carbonyl (C=O) groups excluding carboxylic acids is 5. The molecule has 1 aliphatic heterocycles. The zero-order valence-corrected chi connectivity index (χ0v) is 30.1. The van der Waals surface area contributed by atoms with E-state index in [0.717, 1.165) is 0 Å². The normalized spacial score (nSPS) is 19.2. The van der Waals surface area contributed by atoms with Crippen LogP contribution in [0.4, 0.5) is 0 Å². The van der Waals surface area contributed by atoms with E-state index in [9.17, 15) is 24.0 Å². The van der Waals surface area contributed by atoms with Crippen molar-refractivity contribution in [3.63, 3.8) is 0 Å². The van der Waals surface area contributed by atoms with Gasteiger partial charge >= 0.3 is 29.8 Å². The lowest BCUT2D eigenvalue weighted by molar-refractivity contribution is -0.213. The Morgan fingerprint density at radius 1 is 0.536 bits per heavy atom. The van der Waals surface area contributed by atoms with Crippen LogP contribution in [0.1, 0.15) is 51.8 Å². The van der Waals surface area contributed by atoms with E-state index in [1.807, 2.05) is 0 Å². The number of nitrogens with zero attached hydrogens (tertiary/aromatic N) is 1. The maximum absolute atomic E-state index is 13.8. The number of esters is 4. The lowest BCUT2D eigenvalue weighted by Gasteiger charge is -2.44. The van der Waals surface area contributed by atoms with E-state index in [0.29, 0.717) is 0 Å². The minimum Gasteiger partial charge on any atom is -0.459 e. The van der Waals surface area contributed by atoms with E-state index >= 15 is 0 Å². The Balaban J connectivity index is 1.42. The van der Waals surface area contributed by atoms with Crippen LogP contribution in [0, 0.1) is 0 Å². The summed E-state index contributed by atoms with van der Waals surface area (Å²) in [5.41, 5.74) is 6.99. The highest BCUT2D eigenvalue weighted by molar-refractivity contribution is 6.30. The summed E-state index contributed by atoms with van der Waals surface area (Å²) >= 11 is 6.04. The number of carbonyl (C=O) groups is 5. The number of rotatable bonds is 12. The highest BCUT2D eigenvalue weighted by Crippen LogP contribution is 2.31. The van der Waals surface area contributed by atoms with Crippen molar-refractivity contribution in [1.82, 2.24) is 0 Å². The highest BCUT2D eigenvalue weighted by atomic mass is 35.5. The molecule has 6 rings (SSSR count). The van der Waals surface area contributed by atoms with Gasteiger partial charge in [-0.1, -0.05) is 95.6 Å². The predicted molar refractivity (Wildman–Crippen MR) is 201 cm³/mol. The third-order valence-electron chi connectivity index (χ3n) is 8.37. The average Bonchev–Trinajstić information content (AvgIpc) is 3.24. The molecule has 13 nitrogen and oxygen atoms in total. The van der Waals surface area contributed by atoms with Gasteiger partial charge < -0.3 is 34.3 Å². The summed E-state index contributed by atoms with van der Waals surface area (Å²) < 4.78 is 29.9. The first-order valence-electron chi connectivity index (χ1n) is 17.1. The SMILES string of the molecule is N/C(=N\OC(=O)c1cccc(Cl)c1)[C@@H]1O[C@H](COC(=O)c2ccccc2)[C@@H](OC(=O)c2ccccc2)[C@H](OC(=O)c2ccccc2)[C@H]1OC(=O)c1ccccc1. The Hall–Kier alpha value is -6.83. The molecule has 5 aromatic rings. The van der Waals surface area contributed by atoms with Gasteiger partial charge in [-0.3, -0.25) is 0 Å². The van der Waals surface area contributed by atoms with E-state index in [-0.39, 0.29) is 32.8 Å². The van der Waals surface area contributed by atoms with Gasteiger partial charge in [-0.25, -0.2) is 24.0 Å². The smallest absolute Gasteiger partial charge is 0.365 e. The van der Waals surface area contributed by atoms with Crippen LogP contribution in [0.3, 0.4) is 0 Å². The molecule has 5 aromatic carbocycles. The van der Waals surface area contributed by atoms with Gasteiger partial charge in [0.2, 0.25) is 0 Å². The molecule has 0 aliphatic carbocycles. The lowest BCUT2D eigenvalue weighted by atomic mass is 9.93. The largest absolute Gasteiger partial charge is 0.459 e. The second-order valence-corrected chi connectivity index (χ2v) is 12.6. The zero-order valence-electron chi connectivity index (χ0n) is 29.3. The molecular weight excluding hydrogens is 744 g/mol. The Labute approximate surface area is 325 Å². The molecule has 0 radical (unpaired) electrons. The minimum atomic E-state index is -1.71. The van der Waals surface area contributed by atoms with Crippen LogP contribution < -0.4 is 5.73 Å². The fraction of sp³-hybridized carbons (Fsp3) is 0.143. The van der Waals surface area contributed by atoms with Gasteiger partial charge in [0, 0.05) is 5.02 Å². The van der Waals surface area contributed by atoms with Gasteiger partial charge in [-0.15, -0.1) is 0 Å². The van der Waals surface area contributed by atoms with Crippen molar-refractivity contribution in [2.45, 2.75) is 30.5 Å². The fourth-order valence-corrected chi connectivity index (χ4v) is 5.81. The van der Waals surface area contributed by atoms with Crippen LogP contribution in [-0.4, -0.2) is 72.8 Å². The van der Waals surface area contributed by atoms with E-state index < -0.39 is 72.8 Å². The number of oxime groups is 1. The van der Waals surface area contributed by atoms with E-state index in [2.05, 4.69) is 5.16 Å². The molecule has 5 atom stereocenters. The Morgan fingerprint density at radius 3 is 1.45 bits per heavy atom. The minimum absolute atomic E-state index is 0.0407. The van der Waals surface area contributed by atoms with E-state index in [4.69, 9.17) is 45.9 Å². The molecule has 0 aromatic heterocycles. The number of amidine groups is 1. The Kier molecular flexibility index (Phi) is 12.8. The second kappa shape index (κ2) is 18.5. The molecule has 284 valence electrons. The number of halogens is 1. The third kappa shape index (κ3) is 9.82. The molecule has 0 saturated carbocycles. The van der Waals surface area contributed by atoms with Gasteiger partial charge in [0.25, 0.3) is 0 Å². The molecule has 56 heavy (non-hydrogen) atoms. The van der Waals surface area contributed by atoms with Crippen molar-refractivity contribution in [3.8, 4) is 0 Å². The van der Waals surface area contributed by atoms with Crippen molar-refractivity contribution < 1.29 is 52.5 Å². The first-order valence-corrected chi connectivity index (χ1v) is 17.5. The van der Waals surface area contributed by atoms with Crippen LogP contribution in [0.5, 0.6) is 0 Å². The summed E-state index contributed by atoms with van der Waals surface area (Å²) in [6, 6.07) is 37.6. The van der Waals surface area contributed by atoms with E-state index in [1.54, 1.807) is 78.9 Å². The number of nitrogens with two attached hydrogens (primary N) is 1. The molecule has 1 fully saturated rings. The van der Waals surface area contributed by atoms with E-state index in [1.165, 1.54) is 66.7 Å². The highest BCUT2D eigenvalue weighted by Gasteiger charge is 2.54. The van der Waals surface area contributed by atoms with Crippen LogP contribution in [-0.2, 0) is 28.5 Å². The number of hydrogen-bond acceptors (Lipinski definition) is 12. The van der Waals surface area contributed by atoms with Crippen molar-refractivity contribution in [2.75, 3.05) is 6.61 Å².